The van der Waals surface area contributed by atoms with Crippen LogP contribution in [0.25, 0.3) is 0 Å². The number of halogens is 1. The van der Waals surface area contributed by atoms with Gasteiger partial charge in [0, 0.05) is 13.2 Å². The lowest BCUT2D eigenvalue weighted by atomic mass is 10.2. The minimum Gasteiger partial charge on any atom is -0.378 e. The summed E-state index contributed by atoms with van der Waals surface area (Å²) in [5.41, 5.74) is 0.691. The first-order valence-electron chi connectivity index (χ1n) is 6.36. The Morgan fingerprint density at radius 2 is 2.26 bits per heavy atom. The quantitative estimate of drug-likeness (QED) is 0.901. The van der Waals surface area contributed by atoms with E-state index < -0.39 is 15.8 Å². The molecule has 19 heavy (non-hydrogen) atoms. The fourth-order valence-electron chi connectivity index (χ4n) is 2.13. The van der Waals surface area contributed by atoms with Gasteiger partial charge in [0.05, 0.1) is 6.10 Å². The van der Waals surface area contributed by atoms with Gasteiger partial charge in [-0.1, -0.05) is 6.07 Å². The SMILES string of the molecule is Cc1ccc(S(=O)(=O)NCC[C@H]2CCCO2)c(F)c1. The zero-order valence-corrected chi connectivity index (χ0v) is 11.7. The second-order valence-corrected chi connectivity index (χ2v) is 6.49. The average Bonchev–Trinajstić information content (AvgIpc) is 2.81. The molecule has 0 unspecified atom stereocenters. The van der Waals surface area contributed by atoms with Crippen LogP contribution in [0.4, 0.5) is 4.39 Å². The predicted octanol–water partition coefficient (Wildman–Crippen LogP) is 1.98. The second-order valence-electron chi connectivity index (χ2n) is 4.76. The number of rotatable bonds is 5. The van der Waals surface area contributed by atoms with Crippen LogP contribution >= 0.6 is 0 Å². The Balaban J connectivity index is 1.97. The Morgan fingerprint density at radius 3 is 2.89 bits per heavy atom. The van der Waals surface area contributed by atoms with Crippen molar-refractivity contribution in [3.8, 4) is 0 Å². The van der Waals surface area contributed by atoms with Crippen molar-refractivity contribution in [2.75, 3.05) is 13.2 Å². The molecule has 1 fully saturated rings. The van der Waals surface area contributed by atoms with E-state index in [1.54, 1.807) is 13.0 Å². The number of aryl methyl sites for hydroxylation is 1. The standard InChI is InChI=1S/C13H18FNO3S/c1-10-4-5-13(12(14)9-10)19(16,17)15-7-6-11-3-2-8-18-11/h4-5,9,11,15H,2-3,6-8H2,1H3/t11-/m1/s1. The van der Waals surface area contributed by atoms with Crippen LogP contribution in [0, 0.1) is 12.7 Å². The minimum absolute atomic E-state index is 0.116. The summed E-state index contributed by atoms with van der Waals surface area (Å²) in [6, 6.07) is 4.09. The molecular weight excluding hydrogens is 269 g/mol. The normalized spacial score (nSPS) is 19.8. The molecule has 0 amide bonds. The monoisotopic (exact) mass is 287 g/mol. The van der Waals surface area contributed by atoms with E-state index in [-0.39, 0.29) is 17.5 Å². The Labute approximate surface area is 113 Å². The van der Waals surface area contributed by atoms with Gasteiger partial charge in [0.2, 0.25) is 10.0 Å². The van der Waals surface area contributed by atoms with Crippen LogP contribution in [0.2, 0.25) is 0 Å². The van der Waals surface area contributed by atoms with Crippen LogP contribution in [0.3, 0.4) is 0 Å². The van der Waals surface area contributed by atoms with E-state index in [2.05, 4.69) is 4.72 Å². The van der Waals surface area contributed by atoms with Crippen molar-refractivity contribution >= 4 is 10.0 Å². The summed E-state index contributed by atoms with van der Waals surface area (Å²) in [7, 11) is -3.78. The predicted molar refractivity (Wildman–Crippen MR) is 69.9 cm³/mol. The lowest BCUT2D eigenvalue weighted by Gasteiger charge is -2.11. The minimum atomic E-state index is -3.78. The molecule has 0 radical (unpaired) electrons. The largest absolute Gasteiger partial charge is 0.378 e. The Morgan fingerprint density at radius 1 is 1.47 bits per heavy atom. The molecule has 6 heteroatoms. The number of benzene rings is 1. The van der Waals surface area contributed by atoms with Gasteiger partial charge in [-0.15, -0.1) is 0 Å². The van der Waals surface area contributed by atoms with Crippen LogP contribution in [0.1, 0.15) is 24.8 Å². The highest BCUT2D eigenvalue weighted by atomic mass is 32.2. The van der Waals surface area contributed by atoms with Crippen molar-refractivity contribution in [2.45, 2.75) is 37.2 Å². The van der Waals surface area contributed by atoms with Gasteiger partial charge in [-0.05, 0) is 43.9 Å². The summed E-state index contributed by atoms with van der Waals surface area (Å²) in [4.78, 5) is -0.301. The fourth-order valence-corrected chi connectivity index (χ4v) is 3.23. The molecule has 1 atom stereocenters. The molecule has 1 N–H and O–H groups in total. The molecule has 0 spiro atoms. The highest BCUT2D eigenvalue weighted by Crippen LogP contribution is 2.17. The van der Waals surface area contributed by atoms with Gasteiger partial charge in [0.15, 0.2) is 0 Å². The number of hydrogen-bond acceptors (Lipinski definition) is 3. The van der Waals surface area contributed by atoms with E-state index in [4.69, 9.17) is 4.74 Å². The van der Waals surface area contributed by atoms with Crippen LogP contribution in [0.15, 0.2) is 23.1 Å². The third-order valence-electron chi connectivity index (χ3n) is 3.16. The first kappa shape index (κ1) is 14.4. The summed E-state index contributed by atoms with van der Waals surface area (Å²) in [5.74, 6) is -0.718. The average molecular weight is 287 g/mol. The van der Waals surface area contributed by atoms with Crippen LogP contribution in [-0.2, 0) is 14.8 Å². The van der Waals surface area contributed by atoms with Crippen molar-refractivity contribution in [2.24, 2.45) is 0 Å². The van der Waals surface area contributed by atoms with Gasteiger partial charge in [-0.2, -0.15) is 0 Å². The molecular formula is C13H18FNO3S. The first-order valence-corrected chi connectivity index (χ1v) is 7.85. The van der Waals surface area contributed by atoms with Gasteiger partial charge >= 0.3 is 0 Å². The Bertz CT molecular complexity index is 539. The van der Waals surface area contributed by atoms with Gasteiger partial charge < -0.3 is 4.74 Å². The molecule has 0 saturated carbocycles. The van der Waals surface area contributed by atoms with Gasteiger partial charge in [0.1, 0.15) is 10.7 Å². The smallest absolute Gasteiger partial charge is 0.243 e. The number of nitrogens with one attached hydrogen (secondary N) is 1. The van der Waals surface area contributed by atoms with Crippen molar-refractivity contribution in [3.05, 3.63) is 29.6 Å². The van der Waals surface area contributed by atoms with E-state index in [0.717, 1.165) is 19.4 Å². The summed E-state index contributed by atoms with van der Waals surface area (Å²) >= 11 is 0. The van der Waals surface area contributed by atoms with E-state index >= 15 is 0 Å². The summed E-state index contributed by atoms with van der Waals surface area (Å²) in [5, 5.41) is 0. The summed E-state index contributed by atoms with van der Waals surface area (Å²) in [6.07, 6.45) is 2.71. The molecule has 106 valence electrons. The summed E-state index contributed by atoms with van der Waals surface area (Å²) in [6.45, 7) is 2.72. The highest BCUT2D eigenvalue weighted by Gasteiger charge is 2.20. The topological polar surface area (TPSA) is 55.4 Å². The molecule has 1 aliphatic heterocycles. The Hall–Kier alpha value is -0.980. The van der Waals surface area contributed by atoms with E-state index in [9.17, 15) is 12.8 Å². The molecule has 1 aliphatic rings. The molecule has 1 aromatic rings. The summed E-state index contributed by atoms with van der Waals surface area (Å²) < 4.78 is 45.3. The van der Waals surface area contributed by atoms with Crippen molar-refractivity contribution in [3.63, 3.8) is 0 Å². The molecule has 1 aromatic carbocycles. The third kappa shape index (κ3) is 3.75. The Kier molecular flexibility index (Phi) is 4.54. The molecule has 1 heterocycles. The molecule has 0 aliphatic carbocycles. The zero-order chi connectivity index (χ0) is 13.9. The molecule has 4 nitrogen and oxygen atoms in total. The maximum absolute atomic E-state index is 13.6. The van der Waals surface area contributed by atoms with Gasteiger partial charge in [-0.3, -0.25) is 0 Å². The van der Waals surface area contributed by atoms with Crippen LogP contribution in [-0.4, -0.2) is 27.7 Å². The molecule has 1 saturated heterocycles. The maximum atomic E-state index is 13.6. The number of hydrogen-bond donors (Lipinski definition) is 1. The van der Waals surface area contributed by atoms with Crippen LogP contribution < -0.4 is 4.72 Å². The van der Waals surface area contributed by atoms with E-state index in [0.29, 0.717) is 12.0 Å². The van der Waals surface area contributed by atoms with E-state index in [1.807, 2.05) is 0 Å². The van der Waals surface area contributed by atoms with Crippen LogP contribution in [0.5, 0.6) is 0 Å². The second kappa shape index (κ2) is 5.98. The van der Waals surface area contributed by atoms with Crippen molar-refractivity contribution < 1.29 is 17.5 Å². The highest BCUT2D eigenvalue weighted by molar-refractivity contribution is 7.89. The van der Waals surface area contributed by atoms with Crippen molar-refractivity contribution in [1.82, 2.24) is 4.72 Å². The first-order chi connectivity index (χ1) is 8.99. The third-order valence-corrected chi connectivity index (χ3v) is 4.65. The van der Waals surface area contributed by atoms with Gasteiger partial charge in [-0.25, -0.2) is 17.5 Å². The van der Waals surface area contributed by atoms with E-state index in [1.165, 1.54) is 12.1 Å². The van der Waals surface area contributed by atoms with Gasteiger partial charge in [0.25, 0.3) is 0 Å². The maximum Gasteiger partial charge on any atom is 0.243 e. The number of sulfonamides is 1. The molecule has 2 rings (SSSR count). The lowest BCUT2D eigenvalue weighted by molar-refractivity contribution is 0.105. The lowest BCUT2D eigenvalue weighted by Crippen LogP contribution is -2.28. The van der Waals surface area contributed by atoms with Crippen molar-refractivity contribution in [1.29, 1.82) is 0 Å². The molecule has 0 aromatic heterocycles. The fraction of sp³-hybridized carbons (Fsp3) is 0.538. The zero-order valence-electron chi connectivity index (χ0n) is 10.9. The molecule has 0 bridgehead atoms. The number of ether oxygens (including phenoxy) is 1.